The zero-order valence-electron chi connectivity index (χ0n) is 15.7. The highest BCUT2D eigenvalue weighted by molar-refractivity contribution is 5.89. The van der Waals surface area contributed by atoms with Gasteiger partial charge in [0.05, 0.1) is 6.61 Å². The minimum Gasteiger partial charge on any atom is -0.505 e. The first-order chi connectivity index (χ1) is 12.0. The fourth-order valence-corrected chi connectivity index (χ4v) is 4.07. The smallest absolute Gasteiger partial charge is 0.377 e. The summed E-state index contributed by atoms with van der Waals surface area (Å²) in [6.45, 7) is 9.98. The predicted molar refractivity (Wildman–Crippen MR) is 92.3 cm³/mol. The van der Waals surface area contributed by atoms with Crippen LogP contribution in [0.15, 0.2) is 34.3 Å². The number of hydrogen-bond acceptors (Lipinski definition) is 7. The molecule has 3 aliphatic rings. The summed E-state index contributed by atoms with van der Waals surface area (Å²) < 4.78 is 16.8. The third-order valence-electron chi connectivity index (χ3n) is 5.22. The van der Waals surface area contributed by atoms with Crippen LogP contribution in [0.5, 0.6) is 0 Å². The standard InChI is InChI=1S/C19H26O7/c1-9(2)6-11-10(3)16(22)19(8-18(11,4)5)24-7-12(26-19)15-13(20)14(21)17(23)25-15/h6,12,15-16,20-22H,7-8H2,1-5H3/t12?,15-,16?,19?/m1/s1. The van der Waals surface area contributed by atoms with Crippen LogP contribution in [0.25, 0.3) is 0 Å². The topological polar surface area (TPSA) is 105 Å². The third kappa shape index (κ3) is 2.84. The number of hydrogen-bond donors (Lipinski definition) is 3. The summed E-state index contributed by atoms with van der Waals surface area (Å²) >= 11 is 0. The minimum absolute atomic E-state index is 0.0215. The molecule has 0 aromatic rings. The van der Waals surface area contributed by atoms with Crippen LogP contribution in [0.2, 0.25) is 0 Å². The summed E-state index contributed by atoms with van der Waals surface area (Å²) in [6.07, 6.45) is -0.496. The maximum atomic E-state index is 11.4. The Kier molecular flexibility index (Phi) is 4.45. The highest BCUT2D eigenvalue weighted by Crippen LogP contribution is 2.50. The summed E-state index contributed by atoms with van der Waals surface area (Å²) in [5.74, 6) is -3.67. The molecule has 2 heterocycles. The lowest BCUT2D eigenvalue weighted by atomic mass is 9.68. The molecule has 3 rings (SSSR count). The van der Waals surface area contributed by atoms with Gasteiger partial charge in [-0.15, -0.1) is 0 Å². The molecule has 0 bridgehead atoms. The molecule has 0 amide bonds. The number of carbonyl (C=O) groups excluding carboxylic acids is 1. The van der Waals surface area contributed by atoms with E-state index in [2.05, 4.69) is 19.9 Å². The molecule has 144 valence electrons. The third-order valence-corrected chi connectivity index (χ3v) is 5.22. The Bertz CT molecular complexity index is 726. The van der Waals surface area contributed by atoms with Crippen molar-refractivity contribution in [3.8, 4) is 0 Å². The van der Waals surface area contributed by atoms with E-state index in [4.69, 9.17) is 14.2 Å². The molecule has 1 fully saturated rings. The van der Waals surface area contributed by atoms with Crippen LogP contribution in [0.1, 0.15) is 41.0 Å². The molecule has 1 spiro atoms. The minimum atomic E-state index is -1.29. The fourth-order valence-electron chi connectivity index (χ4n) is 4.07. The number of aliphatic hydroxyl groups is 3. The Hall–Kier alpha value is -1.83. The van der Waals surface area contributed by atoms with Gasteiger partial charge in [-0.2, -0.15) is 0 Å². The zero-order chi connectivity index (χ0) is 19.4. The van der Waals surface area contributed by atoms with Crippen molar-refractivity contribution in [1.82, 2.24) is 0 Å². The lowest BCUT2D eigenvalue weighted by Crippen LogP contribution is -2.52. The van der Waals surface area contributed by atoms with Crippen molar-refractivity contribution in [3.05, 3.63) is 34.3 Å². The van der Waals surface area contributed by atoms with Gasteiger partial charge in [0.1, 0.15) is 12.2 Å². The van der Waals surface area contributed by atoms with Crippen LogP contribution < -0.4 is 0 Å². The zero-order valence-corrected chi connectivity index (χ0v) is 15.7. The Balaban J connectivity index is 1.90. The molecular weight excluding hydrogens is 340 g/mol. The largest absolute Gasteiger partial charge is 0.505 e. The van der Waals surface area contributed by atoms with E-state index in [-0.39, 0.29) is 12.0 Å². The van der Waals surface area contributed by atoms with E-state index in [1.54, 1.807) is 0 Å². The first-order valence-corrected chi connectivity index (χ1v) is 8.67. The number of cyclic esters (lactones) is 1. The van der Waals surface area contributed by atoms with Gasteiger partial charge in [0.2, 0.25) is 5.76 Å². The lowest BCUT2D eigenvalue weighted by Gasteiger charge is -2.46. The maximum Gasteiger partial charge on any atom is 0.377 e. The van der Waals surface area contributed by atoms with Gasteiger partial charge in [-0.25, -0.2) is 4.79 Å². The molecular formula is C19H26O7. The van der Waals surface area contributed by atoms with Crippen molar-refractivity contribution in [2.45, 2.75) is 65.1 Å². The number of ether oxygens (including phenoxy) is 3. The predicted octanol–water partition coefficient (Wildman–Crippen LogP) is 2.42. The molecule has 7 heteroatoms. The highest BCUT2D eigenvalue weighted by Gasteiger charge is 2.58. The first-order valence-electron chi connectivity index (χ1n) is 8.67. The van der Waals surface area contributed by atoms with Crippen LogP contribution in [-0.2, 0) is 19.0 Å². The summed E-state index contributed by atoms with van der Waals surface area (Å²) in [4.78, 5) is 11.4. The van der Waals surface area contributed by atoms with Gasteiger partial charge in [0, 0.05) is 6.42 Å². The average molecular weight is 366 g/mol. The van der Waals surface area contributed by atoms with E-state index < -0.39 is 41.6 Å². The fraction of sp³-hybridized carbons (Fsp3) is 0.632. The molecule has 0 aromatic heterocycles. The van der Waals surface area contributed by atoms with Crippen LogP contribution in [0.3, 0.4) is 0 Å². The average Bonchev–Trinajstić information content (AvgIpc) is 3.07. The van der Waals surface area contributed by atoms with Crippen molar-refractivity contribution < 1.29 is 34.3 Å². The summed E-state index contributed by atoms with van der Waals surface area (Å²) in [5, 5.41) is 30.3. The monoisotopic (exact) mass is 366 g/mol. The van der Waals surface area contributed by atoms with Gasteiger partial charge in [0.15, 0.2) is 17.7 Å². The molecule has 3 unspecified atom stereocenters. The molecule has 0 radical (unpaired) electrons. The Morgan fingerprint density at radius 2 is 1.92 bits per heavy atom. The Morgan fingerprint density at radius 1 is 1.27 bits per heavy atom. The summed E-state index contributed by atoms with van der Waals surface area (Å²) in [6, 6.07) is 0. The molecule has 2 aliphatic heterocycles. The van der Waals surface area contributed by atoms with Crippen LogP contribution >= 0.6 is 0 Å². The van der Waals surface area contributed by atoms with Gasteiger partial charge in [-0.3, -0.25) is 0 Å². The normalized spacial score (nSPS) is 36.7. The Morgan fingerprint density at radius 3 is 2.46 bits per heavy atom. The van der Waals surface area contributed by atoms with Gasteiger partial charge >= 0.3 is 5.97 Å². The van der Waals surface area contributed by atoms with E-state index in [1.165, 1.54) is 0 Å². The van der Waals surface area contributed by atoms with E-state index in [0.29, 0.717) is 6.42 Å². The SMILES string of the molecule is CC(C)=CC1=C(C)C(O)C2(CC1(C)C)OCC([C@H]1OC(=O)C(O)=C1O)O2. The number of esters is 1. The van der Waals surface area contributed by atoms with E-state index in [0.717, 1.165) is 16.7 Å². The van der Waals surface area contributed by atoms with Crippen LogP contribution in [0, 0.1) is 5.41 Å². The van der Waals surface area contributed by atoms with Crippen LogP contribution in [-0.4, -0.2) is 52.0 Å². The van der Waals surface area contributed by atoms with Crippen LogP contribution in [0.4, 0.5) is 0 Å². The summed E-state index contributed by atoms with van der Waals surface area (Å²) in [5.41, 5.74) is 2.61. The van der Waals surface area contributed by atoms with Crippen molar-refractivity contribution >= 4 is 5.97 Å². The maximum absolute atomic E-state index is 11.4. The molecule has 4 atom stereocenters. The van der Waals surface area contributed by atoms with Crippen molar-refractivity contribution in [3.63, 3.8) is 0 Å². The molecule has 0 aromatic carbocycles. The first kappa shape index (κ1) is 18.9. The molecule has 1 aliphatic carbocycles. The number of rotatable bonds is 2. The molecule has 26 heavy (non-hydrogen) atoms. The lowest BCUT2D eigenvalue weighted by molar-refractivity contribution is -0.242. The second kappa shape index (κ2) is 6.11. The molecule has 0 saturated carbocycles. The molecule has 7 nitrogen and oxygen atoms in total. The van der Waals surface area contributed by atoms with Crippen molar-refractivity contribution in [1.29, 1.82) is 0 Å². The Labute approximate surface area is 152 Å². The van der Waals surface area contributed by atoms with Crippen molar-refractivity contribution in [2.24, 2.45) is 5.41 Å². The highest BCUT2D eigenvalue weighted by atomic mass is 16.8. The van der Waals surface area contributed by atoms with Crippen molar-refractivity contribution in [2.75, 3.05) is 6.61 Å². The van der Waals surface area contributed by atoms with Gasteiger partial charge in [-0.1, -0.05) is 25.5 Å². The van der Waals surface area contributed by atoms with Gasteiger partial charge in [0.25, 0.3) is 0 Å². The van der Waals surface area contributed by atoms with E-state index in [9.17, 15) is 20.1 Å². The number of aliphatic hydroxyl groups excluding tert-OH is 3. The van der Waals surface area contributed by atoms with E-state index in [1.807, 2.05) is 20.8 Å². The van der Waals surface area contributed by atoms with E-state index >= 15 is 0 Å². The second-order valence-electron chi connectivity index (χ2n) is 8.12. The summed E-state index contributed by atoms with van der Waals surface area (Å²) in [7, 11) is 0. The molecule has 1 saturated heterocycles. The number of allylic oxidation sites excluding steroid dienone is 3. The van der Waals surface area contributed by atoms with Gasteiger partial charge < -0.3 is 29.5 Å². The molecule has 3 N–H and O–H groups in total. The quantitative estimate of drug-likeness (QED) is 0.645. The van der Waals surface area contributed by atoms with Gasteiger partial charge in [-0.05, 0) is 37.3 Å². The second-order valence-corrected chi connectivity index (χ2v) is 8.12. The number of carbonyl (C=O) groups is 1.